The van der Waals surface area contributed by atoms with Crippen LogP contribution in [0.2, 0.25) is 0 Å². The standard InChI is InChI=1S/C32H34BNO7/c1-31(2)32(3,4)41-33(40-31)21(16-20-14-15-26(28(35)17-20)29(36)38-5)18-34-30(37)39-19-27-24-12-8-6-10-22(24)23-11-7-9-13-25(23)27/h6-17,27,35H,18-19H2,1-5H3,(H,34,37). The van der Waals surface area contributed by atoms with Gasteiger partial charge in [0.2, 0.25) is 0 Å². The van der Waals surface area contributed by atoms with Crippen LogP contribution in [-0.4, -0.2) is 55.8 Å². The number of esters is 1. The Bertz CT molecular complexity index is 1450. The number of phenols is 1. The van der Waals surface area contributed by atoms with Gasteiger partial charge in [-0.3, -0.25) is 0 Å². The minimum atomic E-state index is -0.753. The van der Waals surface area contributed by atoms with Crippen molar-refractivity contribution < 1.29 is 33.5 Å². The first-order valence-electron chi connectivity index (χ1n) is 13.6. The molecule has 0 unspecified atom stereocenters. The maximum atomic E-state index is 12.9. The zero-order valence-corrected chi connectivity index (χ0v) is 23.9. The van der Waals surface area contributed by atoms with E-state index in [1.54, 1.807) is 12.1 Å². The summed E-state index contributed by atoms with van der Waals surface area (Å²) in [6.07, 6.45) is 1.19. The predicted octanol–water partition coefficient (Wildman–Crippen LogP) is 5.73. The van der Waals surface area contributed by atoms with Crippen molar-refractivity contribution in [3.8, 4) is 16.9 Å². The van der Waals surface area contributed by atoms with Gasteiger partial charge in [0.25, 0.3) is 0 Å². The number of phenolic OH excluding ortho intramolecular Hbond substituents is 1. The third kappa shape index (κ3) is 5.60. The summed E-state index contributed by atoms with van der Waals surface area (Å²) in [5.41, 5.74) is 4.64. The maximum Gasteiger partial charge on any atom is 0.492 e. The number of benzene rings is 3. The lowest BCUT2D eigenvalue weighted by molar-refractivity contribution is 0.00578. The molecular formula is C32H34BNO7. The molecule has 0 atom stereocenters. The molecule has 1 heterocycles. The normalized spacial score (nSPS) is 17.1. The van der Waals surface area contributed by atoms with Gasteiger partial charge < -0.3 is 29.2 Å². The van der Waals surface area contributed by atoms with Crippen LogP contribution in [0.4, 0.5) is 4.79 Å². The maximum absolute atomic E-state index is 12.9. The Morgan fingerprint density at radius 1 is 0.951 bits per heavy atom. The number of methoxy groups -OCH3 is 1. The Morgan fingerprint density at radius 2 is 1.54 bits per heavy atom. The van der Waals surface area contributed by atoms with Crippen LogP contribution in [-0.2, 0) is 18.8 Å². The summed E-state index contributed by atoms with van der Waals surface area (Å²) in [6, 6.07) is 20.9. The zero-order chi connectivity index (χ0) is 29.4. The van der Waals surface area contributed by atoms with Crippen molar-refractivity contribution in [1.29, 1.82) is 0 Å². The van der Waals surface area contributed by atoms with Crippen LogP contribution in [0.5, 0.6) is 5.75 Å². The highest BCUT2D eigenvalue weighted by atomic mass is 16.7. The second-order valence-electron chi connectivity index (χ2n) is 11.3. The molecule has 8 nitrogen and oxygen atoms in total. The Balaban J connectivity index is 1.32. The molecule has 0 aromatic heterocycles. The van der Waals surface area contributed by atoms with Crippen LogP contribution in [0.25, 0.3) is 17.2 Å². The van der Waals surface area contributed by atoms with Gasteiger partial charge in [-0.1, -0.05) is 60.7 Å². The number of rotatable bonds is 7. The summed E-state index contributed by atoms with van der Waals surface area (Å²) in [4.78, 5) is 24.8. The second kappa shape index (κ2) is 11.1. The highest BCUT2D eigenvalue weighted by Crippen LogP contribution is 2.44. The highest BCUT2D eigenvalue weighted by molar-refractivity contribution is 6.56. The minimum Gasteiger partial charge on any atom is -0.507 e. The largest absolute Gasteiger partial charge is 0.507 e. The molecule has 1 aliphatic heterocycles. The molecule has 0 saturated carbocycles. The number of carbonyl (C=O) groups excluding carboxylic acids is 2. The first kappa shape index (κ1) is 28.5. The van der Waals surface area contributed by atoms with Gasteiger partial charge in [-0.15, -0.1) is 0 Å². The van der Waals surface area contributed by atoms with E-state index in [1.807, 2.05) is 52.0 Å². The summed E-state index contributed by atoms with van der Waals surface area (Å²) in [7, 11) is 0.498. The second-order valence-corrected chi connectivity index (χ2v) is 11.3. The Labute approximate surface area is 240 Å². The van der Waals surface area contributed by atoms with Crippen LogP contribution in [0.1, 0.15) is 60.7 Å². The van der Waals surface area contributed by atoms with E-state index < -0.39 is 30.4 Å². The van der Waals surface area contributed by atoms with E-state index in [4.69, 9.17) is 18.8 Å². The topological polar surface area (TPSA) is 103 Å². The summed E-state index contributed by atoms with van der Waals surface area (Å²) in [6.45, 7) is 8.05. The lowest BCUT2D eigenvalue weighted by Gasteiger charge is -2.32. The quantitative estimate of drug-likeness (QED) is 0.284. The van der Waals surface area contributed by atoms with Gasteiger partial charge in [0.1, 0.15) is 17.9 Å². The number of amides is 1. The molecule has 41 heavy (non-hydrogen) atoms. The molecule has 2 aliphatic rings. The molecule has 0 bridgehead atoms. The smallest absolute Gasteiger partial charge is 0.492 e. The number of carbonyl (C=O) groups is 2. The third-order valence-electron chi connectivity index (χ3n) is 8.12. The SMILES string of the molecule is COC(=O)c1ccc(C=C(CNC(=O)OCC2c3ccccc3-c3ccccc32)B2OC(C)(C)C(C)(C)O2)cc1O. The fraction of sp³-hybridized carbons (Fsp3) is 0.312. The van der Waals surface area contributed by atoms with E-state index in [0.29, 0.717) is 11.0 Å². The number of hydrogen-bond donors (Lipinski definition) is 2. The zero-order valence-electron chi connectivity index (χ0n) is 23.9. The summed E-state index contributed by atoms with van der Waals surface area (Å²) < 4.78 is 22.9. The molecular weight excluding hydrogens is 521 g/mol. The summed E-state index contributed by atoms with van der Waals surface area (Å²) in [5, 5.41) is 13.2. The summed E-state index contributed by atoms with van der Waals surface area (Å²) in [5.74, 6) is -0.910. The van der Waals surface area contributed by atoms with E-state index in [0.717, 1.165) is 22.3 Å². The van der Waals surface area contributed by atoms with Crippen LogP contribution in [0, 0.1) is 0 Å². The molecule has 1 aliphatic carbocycles. The van der Waals surface area contributed by atoms with Gasteiger partial charge in [-0.25, -0.2) is 9.59 Å². The van der Waals surface area contributed by atoms with Gasteiger partial charge in [0.05, 0.1) is 18.3 Å². The number of hydrogen-bond acceptors (Lipinski definition) is 7. The Morgan fingerprint density at radius 3 is 2.10 bits per heavy atom. The molecule has 0 radical (unpaired) electrons. The fourth-order valence-corrected chi connectivity index (χ4v) is 5.16. The van der Waals surface area contributed by atoms with Crippen molar-refractivity contribution in [2.75, 3.05) is 20.3 Å². The van der Waals surface area contributed by atoms with Crippen LogP contribution in [0.15, 0.2) is 72.2 Å². The summed E-state index contributed by atoms with van der Waals surface area (Å²) >= 11 is 0. The van der Waals surface area contributed by atoms with E-state index in [1.165, 1.54) is 19.2 Å². The molecule has 212 valence electrons. The van der Waals surface area contributed by atoms with Gasteiger partial charge in [-0.05, 0) is 73.1 Å². The number of fused-ring (bicyclic) bond motifs is 3. The predicted molar refractivity (Wildman–Crippen MR) is 157 cm³/mol. The van der Waals surface area contributed by atoms with E-state index in [-0.39, 0.29) is 30.4 Å². The van der Waals surface area contributed by atoms with Crippen molar-refractivity contribution in [1.82, 2.24) is 5.32 Å². The van der Waals surface area contributed by atoms with Crippen molar-refractivity contribution in [3.63, 3.8) is 0 Å². The Kier molecular flexibility index (Phi) is 7.68. The van der Waals surface area contributed by atoms with Crippen molar-refractivity contribution in [2.45, 2.75) is 44.8 Å². The van der Waals surface area contributed by atoms with Crippen LogP contribution in [0.3, 0.4) is 0 Å². The van der Waals surface area contributed by atoms with Crippen LogP contribution >= 0.6 is 0 Å². The van der Waals surface area contributed by atoms with E-state index >= 15 is 0 Å². The van der Waals surface area contributed by atoms with Crippen LogP contribution < -0.4 is 5.32 Å². The van der Waals surface area contributed by atoms with Gasteiger partial charge in [0.15, 0.2) is 0 Å². The van der Waals surface area contributed by atoms with E-state index in [9.17, 15) is 14.7 Å². The van der Waals surface area contributed by atoms with Crippen molar-refractivity contribution >= 4 is 25.3 Å². The monoisotopic (exact) mass is 555 g/mol. The van der Waals surface area contributed by atoms with Crippen molar-refractivity contribution in [2.24, 2.45) is 0 Å². The number of alkyl carbamates (subject to hydrolysis) is 1. The first-order valence-corrected chi connectivity index (χ1v) is 13.6. The average molecular weight is 555 g/mol. The lowest BCUT2D eigenvalue weighted by Crippen LogP contribution is -2.41. The van der Waals surface area contributed by atoms with Gasteiger partial charge >= 0.3 is 19.2 Å². The molecule has 3 aromatic rings. The molecule has 9 heteroatoms. The van der Waals surface area contributed by atoms with Crippen molar-refractivity contribution in [3.05, 3.63) is 94.5 Å². The van der Waals surface area contributed by atoms with E-state index in [2.05, 4.69) is 29.6 Å². The lowest BCUT2D eigenvalue weighted by atomic mass is 9.77. The molecule has 1 fully saturated rings. The minimum absolute atomic E-state index is 0.0532. The molecule has 2 N–H and O–H groups in total. The molecule has 5 rings (SSSR count). The molecule has 3 aromatic carbocycles. The molecule has 0 spiro atoms. The average Bonchev–Trinajstić information content (AvgIpc) is 3.38. The van der Waals surface area contributed by atoms with Gasteiger partial charge in [0, 0.05) is 12.5 Å². The first-order chi connectivity index (χ1) is 19.5. The molecule has 1 amide bonds. The molecule has 1 saturated heterocycles. The number of ether oxygens (including phenoxy) is 2. The Hall–Kier alpha value is -4.08. The van der Waals surface area contributed by atoms with Gasteiger partial charge in [-0.2, -0.15) is 0 Å². The number of nitrogens with one attached hydrogen (secondary N) is 1. The number of aromatic hydroxyl groups is 1. The fourth-order valence-electron chi connectivity index (χ4n) is 5.16. The third-order valence-corrected chi connectivity index (χ3v) is 8.12. The highest BCUT2D eigenvalue weighted by Gasteiger charge is 2.52.